The number of para-hydroxylation sites is 1. The largest absolute Gasteiger partial charge is 0.497 e. The molecule has 0 unspecified atom stereocenters. The van der Waals surface area contributed by atoms with Gasteiger partial charge in [0.1, 0.15) is 11.8 Å². The highest BCUT2D eigenvalue weighted by atomic mass is 16.5. The van der Waals surface area contributed by atoms with Gasteiger partial charge in [0.2, 0.25) is 11.8 Å². The van der Waals surface area contributed by atoms with Crippen LogP contribution in [0.4, 0.5) is 5.69 Å². The van der Waals surface area contributed by atoms with E-state index in [1.807, 2.05) is 36.1 Å². The van der Waals surface area contributed by atoms with Crippen molar-refractivity contribution in [1.29, 1.82) is 0 Å². The maximum atomic E-state index is 14.0. The molecule has 0 aliphatic carbocycles. The van der Waals surface area contributed by atoms with E-state index in [4.69, 9.17) is 9.47 Å². The SMILES string of the molecule is COc1ccc(C(=O)[C@@H]2[C@@H]3C(=O)N(C[C@@H]4CCCO4)C(=O)[C@H]3[C@H]3C=C(C)c4ccccc4N32)cc1. The Hall–Kier alpha value is -3.45. The molecule has 2 amide bonds. The van der Waals surface area contributed by atoms with E-state index in [9.17, 15) is 14.4 Å². The number of anilines is 1. The van der Waals surface area contributed by atoms with Crippen LogP contribution in [0.2, 0.25) is 0 Å². The zero-order valence-electron chi connectivity index (χ0n) is 19.8. The highest BCUT2D eigenvalue weighted by Gasteiger charge is 2.64. The first-order valence-electron chi connectivity index (χ1n) is 12.2. The van der Waals surface area contributed by atoms with Crippen LogP contribution in [0, 0.1) is 11.8 Å². The van der Waals surface area contributed by atoms with Crippen LogP contribution in [-0.2, 0) is 14.3 Å². The normalized spacial score (nSPS) is 29.1. The predicted molar refractivity (Wildman–Crippen MR) is 130 cm³/mol. The number of carbonyl (C=O) groups is 3. The lowest BCUT2D eigenvalue weighted by atomic mass is 9.85. The van der Waals surface area contributed by atoms with Gasteiger partial charge in [0, 0.05) is 23.4 Å². The van der Waals surface area contributed by atoms with Crippen molar-refractivity contribution in [2.24, 2.45) is 11.8 Å². The van der Waals surface area contributed by atoms with Crippen LogP contribution in [0.5, 0.6) is 5.75 Å². The third-order valence-corrected chi connectivity index (χ3v) is 7.90. The smallest absolute Gasteiger partial charge is 0.235 e. The highest BCUT2D eigenvalue weighted by Crippen LogP contribution is 2.50. The Morgan fingerprint density at radius 3 is 2.51 bits per heavy atom. The van der Waals surface area contributed by atoms with Gasteiger partial charge in [-0.3, -0.25) is 19.3 Å². The molecule has 0 spiro atoms. The van der Waals surface area contributed by atoms with Crippen molar-refractivity contribution in [3.63, 3.8) is 0 Å². The number of methoxy groups -OCH3 is 1. The van der Waals surface area contributed by atoms with Crippen LogP contribution in [0.15, 0.2) is 54.6 Å². The van der Waals surface area contributed by atoms with E-state index in [0.717, 1.165) is 29.7 Å². The second-order valence-corrected chi connectivity index (χ2v) is 9.78. The Bertz CT molecular complexity index is 1230. The quantitative estimate of drug-likeness (QED) is 0.491. The van der Waals surface area contributed by atoms with E-state index < -0.39 is 17.9 Å². The molecule has 0 bridgehead atoms. The number of benzene rings is 2. The summed E-state index contributed by atoms with van der Waals surface area (Å²) in [5.41, 5.74) is 3.46. The van der Waals surface area contributed by atoms with E-state index in [0.29, 0.717) is 17.9 Å². The number of allylic oxidation sites excluding steroid dienone is 1. The van der Waals surface area contributed by atoms with Gasteiger partial charge in [-0.2, -0.15) is 0 Å². The van der Waals surface area contributed by atoms with Crippen molar-refractivity contribution in [2.45, 2.75) is 38.0 Å². The molecule has 0 radical (unpaired) electrons. The summed E-state index contributed by atoms with van der Waals surface area (Å²) >= 11 is 0. The van der Waals surface area contributed by atoms with Crippen molar-refractivity contribution >= 4 is 28.9 Å². The number of hydrogen-bond donors (Lipinski definition) is 0. The molecule has 180 valence electrons. The lowest BCUT2D eigenvalue weighted by molar-refractivity contribution is -0.142. The van der Waals surface area contributed by atoms with Gasteiger partial charge < -0.3 is 14.4 Å². The number of rotatable bonds is 5. The molecule has 4 aliphatic heterocycles. The number of ether oxygens (including phenoxy) is 2. The molecule has 5 atom stereocenters. The predicted octanol–water partition coefficient (Wildman–Crippen LogP) is 3.33. The maximum absolute atomic E-state index is 14.0. The summed E-state index contributed by atoms with van der Waals surface area (Å²) in [6, 6.07) is 13.7. The van der Waals surface area contributed by atoms with Crippen LogP contribution in [0.3, 0.4) is 0 Å². The lowest BCUT2D eigenvalue weighted by Crippen LogP contribution is -2.49. The summed E-state index contributed by atoms with van der Waals surface area (Å²) in [5, 5.41) is 0. The molecule has 7 heteroatoms. The lowest BCUT2D eigenvalue weighted by Gasteiger charge is -2.38. The van der Waals surface area contributed by atoms with Crippen molar-refractivity contribution in [2.75, 3.05) is 25.2 Å². The van der Waals surface area contributed by atoms with Gasteiger partial charge in [-0.1, -0.05) is 24.3 Å². The van der Waals surface area contributed by atoms with Crippen molar-refractivity contribution in [3.8, 4) is 5.75 Å². The molecule has 4 heterocycles. The van der Waals surface area contributed by atoms with Crippen molar-refractivity contribution < 1.29 is 23.9 Å². The summed E-state index contributed by atoms with van der Waals surface area (Å²) < 4.78 is 11.0. The monoisotopic (exact) mass is 472 g/mol. The zero-order valence-corrected chi connectivity index (χ0v) is 19.8. The fraction of sp³-hybridized carbons (Fsp3) is 0.393. The number of amides is 2. The van der Waals surface area contributed by atoms with Crippen LogP contribution in [-0.4, -0.2) is 60.9 Å². The summed E-state index contributed by atoms with van der Waals surface area (Å²) in [6.45, 7) is 2.94. The number of carbonyl (C=O) groups excluding carboxylic acids is 3. The van der Waals surface area contributed by atoms with E-state index in [1.165, 1.54) is 4.90 Å². The van der Waals surface area contributed by atoms with Gasteiger partial charge in [0.05, 0.1) is 37.6 Å². The Balaban J connectivity index is 1.44. The summed E-state index contributed by atoms with van der Waals surface area (Å²) in [7, 11) is 1.58. The van der Waals surface area contributed by atoms with Crippen LogP contribution >= 0.6 is 0 Å². The van der Waals surface area contributed by atoms with Crippen molar-refractivity contribution in [1.82, 2.24) is 4.90 Å². The number of Topliss-reactive ketones (excluding diaryl/α,β-unsaturated/α-hetero) is 1. The third-order valence-electron chi connectivity index (χ3n) is 7.90. The van der Waals surface area contributed by atoms with E-state index >= 15 is 0 Å². The molecule has 0 N–H and O–H groups in total. The molecule has 0 saturated carbocycles. The van der Waals surface area contributed by atoms with Gasteiger partial charge >= 0.3 is 0 Å². The second kappa shape index (κ2) is 8.34. The van der Waals surface area contributed by atoms with Gasteiger partial charge in [0.25, 0.3) is 0 Å². The van der Waals surface area contributed by atoms with Crippen LogP contribution in [0.25, 0.3) is 5.57 Å². The average Bonchev–Trinajstić information content (AvgIpc) is 3.57. The summed E-state index contributed by atoms with van der Waals surface area (Å²) in [5.74, 6) is -1.30. The van der Waals surface area contributed by atoms with Crippen LogP contribution in [0.1, 0.15) is 35.7 Å². The van der Waals surface area contributed by atoms with Gasteiger partial charge in [-0.25, -0.2) is 0 Å². The second-order valence-electron chi connectivity index (χ2n) is 9.78. The average molecular weight is 473 g/mol. The first-order chi connectivity index (χ1) is 17.0. The first kappa shape index (κ1) is 22.0. The van der Waals surface area contributed by atoms with Crippen molar-refractivity contribution in [3.05, 3.63) is 65.7 Å². The molecular formula is C28H28N2O5. The Labute approximate surface area is 204 Å². The number of likely N-dealkylation sites (tertiary alicyclic amines) is 1. The zero-order chi connectivity index (χ0) is 24.3. The van der Waals surface area contributed by atoms with Gasteiger partial charge in [0.15, 0.2) is 5.78 Å². The molecule has 3 saturated heterocycles. The van der Waals surface area contributed by atoms with Crippen LogP contribution < -0.4 is 9.64 Å². The number of fused-ring (bicyclic) bond motifs is 5. The number of ketones is 1. The maximum Gasteiger partial charge on any atom is 0.235 e. The molecule has 35 heavy (non-hydrogen) atoms. The fourth-order valence-electron chi connectivity index (χ4n) is 6.26. The number of imide groups is 1. The summed E-state index contributed by atoms with van der Waals surface area (Å²) in [6.07, 6.45) is 3.70. The first-order valence-corrected chi connectivity index (χ1v) is 12.2. The molecular weight excluding hydrogens is 444 g/mol. The minimum absolute atomic E-state index is 0.127. The Kier molecular flexibility index (Phi) is 5.25. The minimum Gasteiger partial charge on any atom is -0.497 e. The Morgan fingerprint density at radius 1 is 1.06 bits per heavy atom. The minimum atomic E-state index is -0.769. The van der Waals surface area contributed by atoms with E-state index in [-0.39, 0.29) is 36.3 Å². The fourth-order valence-corrected chi connectivity index (χ4v) is 6.26. The highest BCUT2D eigenvalue weighted by molar-refractivity contribution is 6.14. The molecule has 2 aromatic carbocycles. The van der Waals surface area contributed by atoms with E-state index in [1.54, 1.807) is 31.4 Å². The molecule has 7 nitrogen and oxygen atoms in total. The molecule has 3 fully saturated rings. The molecule has 2 aromatic rings. The summed E-state index contributed by atoms with van der Waals surface area (Å²) in [4.78, 5) is 44.9. The number of nitrogens with zero attached hydrogens (tertiary/aromatic N) is 2. The Morgan fingerprint density at radius 2 is 1.80 bits per heavy atom. The van der Waals surface area contributed by atoms with Gasteiger partial charge in [-0.05, 0) is 55.7 Å². The molecule has 6 rings (SSSR count). The van der Waals surface area contributed by atoms with Gasteiger partial charge in [-0.15, -0.1) is 0 Å². The van der Waals surface area contributed by atoms with E-state index in [2.05, 4.69) is 6.08 Å². The standard InChI is InChI=1S/C28H28N2O5/c1-16-14-22-23-24(28(33)29(27(23)32)15-19-6-5-13-35-19)25(30(22)21-8-4-3-7-20(16)21)26(31)17-9-11-18(34-2)12-10-17/h3-4,7-12,14,19,22-25H,5-6,13,15H2,1-2H3/t19-,22+,23-,24+,25-/m0/s1. The number of hydrogen-bond acceptors (Lipinski definition) is 6. The third kappa shape index (κ3) is 3.32. The molecule has 4 aliphatic rings. The topological polar surface area (TPSA) is 76.1 Å². The molecule has 0 aromatic heterocycles.